The highest BCUT2D eigenvalue weighted by molar-refractivity contribution is 5.93. The zero-order chi connectivity index (χ0) is 28.4. The molecule has 1 fully saturated rings. The van der Waals surface area contributed by atoms with E-state index in [0.717, 1.165) is 42.4 Å². The molecule has 0 bridgehead atoms. The Morgan fingerprint density at radius 3 is 2.52 bits per heavy atom. The SMILES string of the molecule is COc1cc(Cc2cnc(N)nc2N)cc(C#Cc2cc3[nH]cc(C(=O)O)c(=O)c3cc2C2CCCC2)c1OC. The average molecular weight is 540 g/mol. The number of carbonyl (C=O) groups is 1. The molecule has 1 aliphatic rings. The fourth-order valence-electron chi connectivity index (χ4n) is 5.27. The fraction of sp³-hybridized carbons (Fsp3) is 0.267. The van der Waals surface area contributed by atoms with Crippen molar-refractivity contribution < 1.29 is 19.4 Å². The monoisotopic (exact) mass is 539 g/mol. The van der Waals surface area contributed by atoms with Crippen LogP contribution >= 0.6 is 0 Å². The summed E-state index contributed by atoms with van der Waals surface area (Å²) in [5.74, 6) is 6.93. The van der Waals surface area contributed by atoms with Gasteiger partial charge in [-0.05, 0) is 54.2 Å². The number of fused-ring (bicyclic) bond motifs is 1. The van der Waals surface area contributed by atoms with Crippen molar-refractivity contribution in [2.24, 2.45) is 0 Å². The quantitative estimate of drug-likeness (QED) is 0.266. The lowest BCUT2D eigenvalue weighted by atomic mass is 9.91. The molecule has 0 aliphatic heterocycles. The third kappa shape index (κ3) is 5.14. The maximum Gasteiger partial charge on any atom is 0.341 e. The van der Waals surface area contributed by atoms with E-state index in [1.807, 2.05) is 18.2 Å². The number of benzene rings is 2. The lowest BCUT2D eigenvalue weighted by Crippen LogP contribution is -2.16. The molecule has 0 amide bonds. The van der Waals surface area contributed by atoms with E-state index in [1.165, 1.54) is 6.20 Å². The van der Waals surface area contributed by atoms with E-state index >= 15 is 0 Å². The lowest BCUT2D eigenvalue weighted by molar-refractivity contribution is 0.0695. The second kappa shape index (κ2) is 11.0. The van der Waals surface area contributed by atoms with Gasteiger partial charge in [0, 0.05) is 35.3 Å². The van der Waals surface area contributed by atoms with Gasteiger partial charge in [0.15, 0.2) is 11.5 Å². The largest absolute Gasteiger partial charge is 0.493 e. The predicted octanol–water partition coefficient (Wildman–Crippen LogP) is 3.85. The summed E-state index contributed by atoms with van der Waals surface area (Å²) in [6, 6.07) is 7.38. The topological polar surface area (TPSA) is 166 Å². The van der Waals surface area contributed by atoms with Crippen LogP contribution in [0, 0.1) is 11.8 Å². The van der Waals surface area contributed by atoms with Crippen LogP contribution in [0.5, 0.6) is 11.5 Å². The highest BCUT2D eigenvalue weighted by atomic mass is 16.5. The first-order chi connectivity index (χ1) is 19.3. The van der Waals surface area contributed by atoms with Crippen molar-refractivity contribution in [3.05, 3.63) is 80.3 Å². The van der Waals surface area contributed by atoms with Crippen LogP contribution in [-0.2, 0) is 6.42 Å². The number of ether oxygens (including phenoxy) is 2. The summed E-state index contributed by atoms with van der Waals surface area (Å²) in [5, 5.41) is 9.77. The maximum atomic E-state index is 12.9. The van der Waals surface area contributed by atoms with Crippen molar-refractivity contribution in [2.75, 3.05) is 25.7 Å². The smallest absolute Gasteiger partial charge is 0.341 e. The van der Waals surface area contributed by atoms with E-state index in [4.69, 9.17) is 20.9 Å². The molecule has 1 saturated carbocycles. The van der Waals surface area contributed by atoms with Gasteiger partial charge in [-0.3, -0.25) is 4.79 Å². The number of hydrogen-bond donors (Lipinski definition) is 4. The number of hydrogen-bond acceptors (Lipinski definition) is 8. The van der Waals surface area contributed by atoms with Crippen molar-refractivity contribution in [1.29, 1.82) is 0 Å². The van der Waals surface area contributed by atoms with Gasteiger partial charge in [-0.15, -0.1) is 0 Å². The number of aromatic carboxylic acids is 1. The molecule has 40 heavy (non-hydrogen) atoms. The van der Waals surface area contributed by atoms with E-state index in [1.54, 1.807) is 26.5 Å². The van der Waals surface area contributed by atoms with Gasteiger partial charge in [0.05, 0.1) is 25.3 Å². The van der Waals surface area contributed by atoms with Crippen LogP contribution in [0.4, 0.5) is 11.8 Å². The minimum Gasteiger partial charge on any atom is -0.493 e. The predicted molar refractivity (Wildman–Crippen MR) is 152 cm³/mol. The molecule has 1 aliphatic carbocycles. The van der Waals surface area contributed by atoms with Gasteiger partial charge < -0.3 is 31.0 Å². The number of carboxylic acid groups (broad SMARTS) is 1. The number of methoxy groups -OCH3 is 2. The van der Waals surface area contributed by atoms with Crippen LogP contribution < -0.4 is 26.4 Å². The van der Waals surface area contributed by atoms with Gasteiger partial charge in [-0.25, -0.2) is 9.78 Å². The van der Waals surface area contributed by atoms with Crippen molar-refractivity contribution in [3.8, 4) is 23.3 Å². The molecule has 4 aromatic rings. The second-order valence-corrected chi connectivity index (χ2v) is 9.75. The number of aromatic nitrogens is 3. The summed E-state index contributed by atoms with van der Waals surface area (Å²) in [7, 11) is 3.11. The van der Waals surface area contributed by atoms with E-state index in [-0.39, 0.29) is 17.4 Å². The molecule has 0 radical (unpaired) electrons. The fourth-order valence-corrected chi connectivity index (χ4v) is 5.27. The zero-order valence-electron chi connectivity index (χ0n) is 22.2. The Kier molecular flexibility index (Phi) is 7.29. The van der Waals surface area contributed by atoms with Crippen molar-refractivity contribution in [1.82, 2.24) is 15.0 Å². The number of nitrogens with one attached hydrogen (secondary N) is 1. The average Bonchev–Trinajstić information content (AvgIpc) is 3.47. The van der Waals surface area contributed by atoms with E-state index < -0.39 is 11.4 Å². The van der Waals surface area contributed by atoms with Gasteiger partial charge in [0.2, 0.25) is 11.4 Å². The number of rotatable bonds is 6. The molecule has 2 aromatic heterocycles. The van der Waals surface area contributed by atoms with Gasteiger partial charge in [-0.1, -0.05) is 24.7 Å². The van der Waals surface area contributed by atoms with E-state index in [2.05, 4.69) is 26.8 Å². The molecule has 6 N–H and O–H groups in total. The minimum atomic E-state index is -1.26. The molecular formula is C30H29N5O5. The van der Waals surface area contributed by atoms with Crippen molar-refractivity contribution in [2.45, 2.75) is 38.0 Å². The number of nitrogens with zero attached hydrogens (tertiary/aromatic N) is 2. The number of pyridine rings is 1. The molecule has 10 heteroatoms. The zero-order valence-corrected chi connectivity index (χ0v) is 22.2. The van der Waals surface area contributed by atoms with Crippen LogP contribution in [-0.4, -0.2) is 40.2 Å². The highest BCUT2D eigenvalue weighted by Crippen LogP contribution is 2.37. The summed E-state index contributed by atoms with van der Waals surface area (Å²) in [6.07, 6.45) is 7.39. The number of nitrogens with two attached hydrogens (primary N) is 2. The number of nitrogen functional groups attached to an aromatic ring is 2. The molecule has 10 nitrogen and oxygen atoms in total. The normalized spacial score (nSPS) is 13.2. The summed E-state index contributed by atoms with van der Waals surface area (Å²) < 4.78 is 11.3. The number of anilines is 2. The van der Waals surface area contributed by atoms with Crippen LogP contribution in [0.25, 0.3) is 10.9 Å². The molecule has 0 spiro atoms. The Labute approximate surface area is 230 Å². The van der Waals surface area contributed by atoms with Crippen LogP contribution in [0.1, 0.15) is 69.8 Å². The molecule has 2 heterocycles. The molecule has 0 atom stereocenters. The number of aromatic amines is 1. The van der Waals surface area contributed by atoms with Gasteiger partial charge in [-0.2, -0.15) is 4.98 Å². The molecule has 2 aromatic carbocycles. The Morgan fingerprint density at radius 1 is 1.10 bits per heavy atom. The molecule has 204 valence electrons. The van der Waals surface area contributed by atoms with Gasteiger partial charge in [0.1, 0.15) is 11.4 Å². The third-order valence-corrected chi connectivity index (χ3v) is 7.26. The molecule has 0 saturated heterocycles. The minimum absolute atomic E-state index is 0.106. The summed E-state index contributed by atoms with van der Waals surface area (Å²) in [6.45, 7) is 0. The Morgan fingerprint density at radius 2 is 1.85 bits per heavy atom. The number of H-pyrrole nitrogens is 1. The highest BCUT2D eigenvalue weighted by Gasteiger charge is 2.22. The molecule has 0 unspecified atom stereocenters. The second-order valence-electron chi connectivity index (χ2n) is 9.75. The Hall–Kier alpha value is -5.04. The van der Waals surface area contributed by atoms with Crippen LogP contribution in [0.3, 0.4) is 0 Å². The van der Waals surface area contributed by atoms with Gasteiger partial charge >= 0.3 is 5.97 Å². The summed E-state index contributed by atoms with van der Waals surface area (Å²) >= 11 is 0. The first kappa shape index (κ1) is 26.6. The van der Waals surface area contributed by atoms with Crippen LogP contribution in [0.2, 0.25) is 0 Å². The standard InChI is InChI=1S/C30H29N5O5/c1-39-25-11-16(10-20-14-34-30(32)35-28(20)31)9-19(27(25)40-2)8-7-18-12-24-22(13-21(18)17-5-3-4-6-17)26(36)23(15-33-24)29(37)38/h9,11-15,17H,3-6,10H2,1-2H3,(H,33,36)(H,37,38)(H4,31,32,34,35). The first-order valence-electron chi connectivity index (χ1n) is 12.9. The summed E-state index contributed by atoms with van der Waals surface area (Å²) in [4.78, 5) is 35.5. The Balaban J connectivity index is 1.63. The van der Waals surface area contributed by atoms with Gasteiger partial charge in [0.25, 0.3) is 0 Å². The first-order valence-corrected chi connectivity index (χ1v) is 12.9. The Bertz CT molecular complexity index is 1750. The van der Waals surface area contributed by atoms with E-state index in [9.17, 15) is 14.7 Å². The summed E-state index contributed by atoms with van der Waals surface area (Å²) in [5.41, 5.74) is 15.3. The number of carboxylic acids is 1. The van der Waals surface area contributed by atoms with Crippen molar-refractivity contribution in [3.63, 3.8) is 0 Å². The van der Waals surface area contributed by atoms with Crippen LogP contribution in [0.15, 0.2) is 41.5 Å². The maximum absolute atomic E-state index is 12.9. The molecule has 5 rings (SSSR count). The lowest BCUT2D eigenvalue weighted by Gasteiger charge is -2.14. The third-order valence-electron chi connectivity index (χ3n) is 7.26. The molecular weight excluding hydrogens is 510 g/mol. The van der Waals surface area contributed by atoms with Crippen molar-refractivity contribution >= 4 is 28.6 Å². The van der Waals surface area contributed by atoms with E-state index in [0.29, 0.717) is 45.8 Å².